The van der Waals surface area contributed by atoms with Crippen LogP contribution in [0.4, 0.5) is 11.4 Å². The van der Waals surface area contributed by atoms with Crippen molar-refractivity contribution in [3.63, 3.8) is 0 Å². The highest BCUT2D eigenvalue weighted by atomic mass is 35.5. The van der Waals surface area contributed by atoms with E-state index < -0.39 is 12.0 Å². The first kappa shape index (κ1) is 33.1. The molecule has 0 saturated carbocycles. The van der Waals surface area contributed by atoms with Crippen LogP contribution >= 0.6 is 23.2 Å². The van der Waals surface area contributed by atoms with Gasteiger partial charge in [0.25, 0.3) is 11.8 Å². The molecule has 0 radical (unpaired) electrons. The minimum atomic E-state index is -0.445. The summed E-state index contributed by atoms with van der Waals surface area (Å²) in [5.41, 5.74) is 5.35. The molecule has 6 rings (SSSR count). The molecule has 0 spiro atoms. The van der Waals surface area contributed by atoms with Gasteiger partial charge < -0.3 is 24.9 Å². The quantitative estimate of drug-likeness (QED) is 0.247. The van der Waals surface area contributed by atoms with Crippen LogP contribution in [0, 0.1) is 0 Å². The monoisotopic (exact) mass is 679 g/mol. The second-order valence-corrected chi connectivity index (χ2v) is 13.3. The minimum Gasteiger partial charge on any atom is -0.392 e. The summed E-state index contributed by atoms with van der Waals surface area (Å²) in [4.78, 5) is 45.1. The molecule has 12 nitrogen and oxygen atoms in total. The lowest BCUT2D eigenvalue weighted by atomic mass is 10.1. The van der Waals surface area contributed by atoms with Gasteiger partial charge in [-0.2, -0.15) is 0 Å². The molecular weight excluding hydrogens is 641 g/mol. The van der Waals surface area contributed by atoms with Crippen LogP contribution in [0.5, 0.6) is 0 Å². The van der Waals surface area contributed by atoms with Gasteiger partial charge in [0.15, 0.2) is 11.6 Å². The van der Waals surface area contributed by atoms with Gasteiger partial charge in [0.2, 0.25) is 0 Å². The lowest BCUT2D eigenvalue weighted by molar-refractivity contribution is 0.100. The van der Waals surface area contributed by atoms with E-state index in [0.29, 0.717) is 54.1 Å². The summed E-state index contributed by atoms with van der Waals surface area (Å²) < 4.78 is 3.66. The highest BCUT2D eigenvalue weighted by molar-refractivity contribution is 6.39. The van der Waals surface area contributed by atoms with Gasteiger partial charge in [-0.3, -0.25) is 24.4 Å². The zero-order valence-corrected chi connectivity index (χ0v) is 28.7. The number of halogens is 2. The van der Waals surface area contributed by atoms with Crippen molar-refractivity contribution in [1.82, 2.24) is 33.9 Å². The number of fused-ring (bicyclic) bond motifs is 2. The molecular formula is C33H39Cl2N9O3. The van der Waals surface area contributed by atoms with Gasteiger partial charge in [0.05, 0.1) is 44.6 Å². The van der Waals surface area contributed by atoms with Crippen molar-refractivity contribution in [2.24, 2.45) is 14.1 Å². The number of aliphatic hydroxyl groups is 1. The number of amides is 2. The molecule has 0 saturated heterocycles. The van der Waals surface area contributed by atoms with Crippen molar-refractivity contribution >= 4 is 46.4 Å². The molecule has 1 aromatic carbocycles. The van der Waals surface area contributed by atoms with Crippen LogP contribution in [-0.2, 0) is 40.0 Å². The van der Waals surface area contributed by atoms with E-state index in [1.807, 2.05) is 23.2 Å². The summed E-state index contributed by atoms with van der Waals surface area (Å²) in [6.07, 6.45) is 2.65. The second-order valence-electron chi connectivity index (χ2n) is 12.5. The van der Waals surface area contributed by atoms with E-state index in [9.17, 15) is 14.7 Å². The summed E-state index contributed by atoms with van der Waals surface area (Å²) in [6.45, 7) is 9.57. The first-order chi connectivity index (χ1) is 22.4. The number of carbonyl (C=O) groups is 2. The fourth-order valence-corrected chi connectivity index (χ4v) is 6.93. The topological polar surface area (TPSA) is 133 Å². The first-order valence-corrected chi connectivity index (χ1v) is 16.5. The second kappa shape index (κ2) is 13.4. The van der Waals surface area contributed by atoms with E-state index in [1.54, 1.807) is 37.4 Å². The molecule has 3 aromatic heterocycles. The Labute approximate surface area is 283 Å². The van der Waals surface area contributed by atoms with Gasteiger partial charge in [0, 0.05) is 88.9 Å². The Morgan fingerprint density at radius 1 is 0.872 bits per heavy atom. The normalized spacial score (nSPS) is 15.8. The Kier molecular flexibility index (Phi) is 9.41. The number of nitrogens with zero attached hydrogens (tertiary/aromatic N) is 7. The van der Waals surface area contributed by atoms with E-state index in [4.69, 9.17) is 23.2 Å². The molecule has 14 heteroatoms. The molecule has 0 bridgehead atoms. The largest absolute Gasteiger partial charge is 0.392 e. The van der Waals surface area contributed by atoms with E-state index in [0.717, 1.165) is 48.7 Å². The maximum atomic E-state index is 13.4. The lowest BCUT2D eigenvalue weighted by Crippen LogP contribution is -2.36. The molecule has 0 fully saturated rings. The lowest BCUT2D eigenvalue weighted by Gasteiger charge is -2.29. The Bertz CT molecular complexity index is 1850. The first-order valence-electron chi connectivity index (χ1n) is 15.7. The zero-order chi connectivity index (χ0) is 33.6. The van der Waals surface area contributed by atoms with Crippen LogP contribution in [0.2, 0.25) is 10.0 Å². The van der Waals surface area contributed by atoms with Crippen molar-refractivity contribution in [3.8, 4) is 11.3 Å². The zero-order valence-electron chi connectivity index (χ0n) is 27.1. The van der Waals surface area contributed by atoms with Crippen LogP contribution in [-0.4, -0.2) is 82.6 Å². The van der Waals surface area contributed by atoms with Crippen LogP contribution in [0.15, 0.2) is 30.5 Å². The Morgan fingerprint density at radius 2 is 1.47 bits per heavy atom. The highest BCUT2D eigenvalue weighted by Gasteiger charge is 2.28. The van der Waals surface area contributed by atoms with Crippen molar-refractivity contribution in [2.45, 2.75) is 58.8 Å². The van der Waals surface area contributed by atoms with Gasteiger partial charge in [-0.1, -0.05) is 35.3 Å². The molecule has 5 heterocycles. The highest BCUT2D eigenvalue weighted by Crippen LogP contribution is 2.39. The molecule has 1 unspecified atom stereocenters. The van der Waals surface area contributed by atoms with E-state index in [1.165, 1.54) is 0 Å². The third kappa shape index (κ3) is 6.53. The molecule has 2 aliphatic heterocycles. The van der Waals surface area contributed by atoms with Crippen LogP contribution in [0.3, 0.4) is 0 Å². The predicted octanol–water partition coefficient (Wildman–Crippen LogP) is 4.53. The maximum absolute atomic E-state index is 13.4. The van der Waals surface area contributed by atoms with Crippen molar-refractivity contribution in [2.75, 3.05) is 30.3 Å². The maximum Gasteiger partial charge on any atom is 0.291 e. The fraction of sp³-hybridized carbons (Fsp3) is 0.424. The third-order valence-electron chi connectivity index (χ3n) is 8.92. The molecule has 248 valence electrons. The Hall–Kier alpha value is -3.81. The van der Waals surface area contributed by atoms with Crippen LogP contribution in [0.25, 0.3) is 11.3 Å². The molecule has 2 amide bonds. The van der Waals surface area contributed by atoms with Crippen molar-refractivity contribution in [3.05, 3.63) is 74.9 Å². The number of aliphatic hydroxyl groups excluding tert-OH is 1. The summed E-state index contributed by atoms with van der Waals surface area (Å²) in [6, 6.07) is 7.21. The van der Waals surface area contributed by atoms with Crippen molar-refractivity contribution in [1.29, 1.82) is 0 Å². The van der Waals surface area contributed by atoms with Gasteiger partial charge >= 0.3 is 0 Å². The summed E-state index contributed by atoms with van der Waals surface area (Å²) in [5.74, 6) is -0.207. The Morgan fingerprint density at radius 3 is 2.09 bits per heavy atom. The van der Waals surface area contributed by atoms with E-state index >= 15 is 0 Å². The predicted molar refractivity (Wildman–Crippen MR) is 182 cm³/mol. The molecule has 0 aliphatic carbocycles. The van der Waals surface area contributed by atoms with Crippen LogP contribution < -0.4 is 10.6 Å². The van der Waals surface area contributed by atoms with Gasteiger partial charge in [0.1, 0.15) is 0 Å². The number of carbonyl (C=O) groups excluding carboxylic acids is 2. The number of nitrogens with one attached hydrogen (secondary N) is 2. The standard InChI is InChI=1S/C33H39Cl2N9O3/c1-18(2)44-14-11-26-24(17-44)38-31(42(26)5)33(47)40-22-9-12-36-29(28(22)35)20-7-6-8-21(27(20)34)39-32(46)30-37-23-16-43(15-19(3)45)13-10-25(23)41(30)4/h6-9,12,18-19,45H,10-11,13-17H2,1-5H3,(H,39,46)(H,36,40,47). The molecule has 3 N–H and O–H groups in total. The summed E-state index contributed by atoms with van der Waals surface area (Å²) >= 11 is 13.7. The summed E-state index contributed by atoms with van der Waals surface area (Å²) in [5, 5.41) is 16.0. The van der Waals surface area contributed by atoms with E-state index in [2.05, 4.69) is 49.2 Å². The van der Waals surface area contributed by atoms with Gasteiger partial charge in [-0.15, -0.1) is 0 Å². The molecule has 1 atom stereocenters. The number of imidazole rings is 2. The number of benzene rings is 1. The van der Waals surface area contributed by atoms with Crippen LogP contribution in [0.1, 0.15) is 64.8 Å². The fourth-order valence-electron chi connectivity index (χ4n) is 6.40. The number of anilines is 2. The third-order valence-corrected chi connectivity index (χ3v) is 9.71. The Balaban J connectivity index is 1.21. The minimum absolute atomic E-state index is 0.203. The number of pyridine rings is 1. The molecule has 47 heavy (non-hydrogen) atoms. The van der Waals surface area contributed by atoms with Gasteiger partial charge in [-0.05, 0) is 32.9 Å². The van der Waals surface area contributed by atoms with E-state index in [-0.39, 0.29) is 21.8 Å². The average molecular weight is 681 g/mol. The summed E-state index contributed by atoms with van der Waals surface area (Å²) in [7, 11) is 3.69. The average Bonchev–Trinajstić information content (AvgIpc) is 3.54. The number of aromatic nitrogens is 5. The molecule has 2 aliphatic rings. The van der Waals surface area contributed by atoms with Gasteiger partial charge in [-0.25, -0.2) is 9.97 Å². The number of rotatable bonds is 8. The number of hydrogen-bond donors (Lipinski definition) is 3. The number of β-amino-alcohol motifs (C(OH)–C–C–N with tert-alkyl or cyclic N) is 1. The smallest absolute Gasteiger partial charge is 0.291 e. The SMILES string of the molecule is CC(O)CN1CCc2c(nc(C(=O)Nc3cccc(-c4nccc(NC(=O)c5nc6c(n5C)CCN(C(C)C)C6)c4Cl)c3Cl)n2C)C1. The number of hydrogen-bond acceptors (Lipinski definition) is 8. The molecule has 4 aromatic rings. The van der Waals surface area contributed by atoms with Crippen molar-refractivity contribution < 1.29 is 14.7 Å².